The highest BCUT2D eigenvalue weighted by Crippen LogP contribution is 2.44. The number of sulfonamides is 1. The van der Waals surface area contributed by atoms with Crippen LogP contribution < -0.4 is 9.47 Å². The van der Waals surface area contributed by atoms with Crippen molar-refractivity contribution in [1.82, 2.24) is 4.31 Å². The minimum absolute atomic E-state index is 0.268. The van der Waals surface area contributed by atoms with Gasteiger partial charge in [0.15, 0.2) is 0 Å². The first kappa shape index (κ1) is 23.9. The van der Waals surface area contributed by atoms with E-state index >= 15 is 0 Å². The Hall–Kier alpha value is -1.35. The maximum absolute atomic E-state index is 12.6. The molecule has 0 radical (unpaired) electrons. The van der Waals surface area contributed by atoms with E-state index < -0.39 is 15.6 Å². The van der Waals surface area contributed by atoms with E-state index in [0.29, 0.717) is 38.6 Å². The van der Waals surface area contributed by atoms with E-state index in [1.54, 1.807) is 7.11 Å². The Labute approximate surface area is 175 Å². The van der Waals surface area contributed by atoms with Crippen molar-refractivity contribution in [1.29, 1.82) is 0 Å². The molecule has 1 heterocycles. The first-order valence-electron chi connectivity index (χ1n) is 10.2. The predicted molar refractivity (Wildman–Crippen MR) is 113 cm³/mol. The Morgan fingerprint density at radius 2 is 1.97 bits per heavy atom. The number of nitrogens with zero attached hydrogens (tertiary/aromatic N) is 1. The van der Waals surface area contributed by atoms with Gasteiger partial charge < -0.3 is 18.9 Å². The molecule has 1 aliphatic heterocycles. The van der Waals surface area contributed by atoms with Crippen LogP contribution in [0.5, 0.6) is 11.5 Å². The minimum Gasteiger partial charge on any atom is -0.494 e. The van der Waals surface area contributed by atoms with Gasteiger partial charge in [-0.1, -0.05) is 13.3 Å². The molecule has 1 aliphatic rings. The van der Waals surface area contributed by atoms with Crippen LogP contribution in [0.2, 0.25) is 0 Å². The molecule has 0 N–H and O–H groups in total. The largest absolute Gasteiger partial charge is 0.494 e. The second-order valence-electron chi connectivity index (χ2n) is 7.96. The molecule has 0 saturated heterocycles. The lowest BCUT2D eigenvalue weighted by atomic mass is 9.89. The molecule has 7 nitrogen and oxygen atoms in total. The molecule has 0 fully saturated rings. The first-order chi connectivity index (χ1) is 13.7. The van der Waals surface area contributed by atoms with E-state index in [0.717, 1.165) is 24.2 Å². The highest BCUT2D eigenvalue weighted by molar-refractivity contribution is 7.88. The van der Waals surface area contributed by atoms with E-state index in [9.17, 15) is 8.42 Å². The topological polar surface area (TPSA) is 74.3 Å². The molecule has 0 bridgehead atoms. The summed E-state index contributed by atoms with van der Waals surface area (Å²) in [5.74, 6) is 1.43. The Balaban J connectivity index is 2.28. The average molecular weight is 430 g/mol. The van der Waals surface area contributed by atoms with Crippen LogP contribution in [0.3, 0.4) is 0 Å². The van der Waals surface area contributed by atoms with Crippen molar-refractivity contribution in [2.24, 2.45) is 0 Å². The molecule has 0 saturated carbocycles. The van der Waals surface area contributed by atoms with Crippen molar-refractivity contribution in [2.75, 3.05) is 46.3 Å². The molecule has 1 atom stereocenters. The van der Waals surface area contributed by atoms with Crippen LogP contribution in [0, 0.1) is 0 Å². The van der Waals surface area contributed by atoms with Crippen molar-refractivity contribution in [3.05, 3.63) is 23.8 Å². The summed E-state index contributed by atoms with van der Waals surface area (Å²) in [5, 5.41) is 0. The summed E-state index contributed by atoms with van der Waals surface area (Å²) in [6, 6.07) is 5.32. The molecule has 1 unspecified atom stereocenters. The van der Waals surface area contributed by atoms with E-state index in [1.165, 1.54) is 10.6 Å². The molecule has 2 rings (SSSR count). The van der Waals surface area contributed by atoms with Gasteiger partial charge in [-0.05, 0) is 38.5 Å². The van der Waals surface area contributed by atoms with Gasteiger partial charge in [0, 0.05) is 25.6 Å². The smallest absolute Gasteiger partial charge is 0.211 e. The molecule has 1 aromatic carbocycles. The van der Waals surface area contributed by atoms with Crippen LogP contribution in [0.15, 0.2) is 18.2 Å². The summed E-state index contributed by atoms with van der Waals surface area (Å²) in [6.45, 7) is 8.17. The normalized spacial score (nSPS) is 18.3. The lowest BCUT2D eigenvalue weighted by molar-refractivity contribution is 0.0352. The second kappa shape index (κ2) is 10.6. The average Bonchev–Trinajstić information content (AvgIpc) is 2.63. The summed E-state index contributed by atoms with van der Waals surface area (Å²) in [4.78, 5) is 0. The highest BCUT2D eigenvalue weighted by atomic mass is 32.2. The monoisotopic (exact) mass is 429 g/mol. The molecule has 0 aromatic heterocycles. The fraction of sp³-hybridized carbons (Fsp3) is 0.714. The molecule has 1 aromatic rings. The van der Waals surface area contributed by atoms with Crippen LogP contribution in [0.25, 0.3) is 0 Å². The number of ether oxygens (including phenoxy) is 4. The number of unbranched alkanes of at least 4 members (excludes halogenated alkanes) is 1. The summed E-state index contributed by atoms with van der Waals surface area (Å²) < 4.78 is 49.3. The molecular weight excluding hydrogens is 394 g/mol. The summed E-state index contributed by atoms with van der Waals surface area (Å²) in [7, 11) is -1.85. The lowest BCUT2D eigenvalue weighted by Crippen LogP contribution is -2.44. The standard InChI is InChI=1S/C21H35NO6S/c1-6-7-11-27-17-8-9-20-18(15-17)19(16-21(2,3)28-20)22(29(5,23)24)10-12-26-14-13-25-4/h8-9,15,19H,6-7,10-14,16H2,1-5H3. The van der Waals surface area contributed by atoms with Crippen LogP contribution >= 0.6 is 0 Å². The summed E-state index contributed by atoms with van der Waals surface area (Å²) >= 11 is 0. The van der Waals surface area contributed by atoms with Gasteiger partial charge in [-0.3, -0.25) is 0 Å². The maximum Gasteiger partial charge on any atom is 0.211 e. The van der Waals surface area contributed by atoms with Gasteiger partial charge in [0.05, 0.1) is 38.7 Å². The van der Waals surface area contributed by atoms with Gasteiger partial charge in [-0.2, -0.15) is 4.31 Å². The van der Waals surface area contributed by atoms with Gasteiger partial charge in [-0.25, -0.2) is 8.42 Å². The third-order valence-corrected chi connectivity index (χ3v) is 6.13. The molecule has 0 spiro atoms. The second-order valence-corrected chi connectivity index (χ2v) is 9.90. The number of hydrogen-bond donors (Lipinski definition) is 0. The van der Waals surface area contributed by atoms with Crippen LogP contribution in [-0.4, -0.2) is 64.7 Å². The number of benzene rings is 1. The van der Waals surface area contributed by atoms with Gasteiger partial charge >= 0.3 is 0 Å². The zero-order valence-electron chi connectivity index (χ0n) is 18.3. The highest BCUT2D eigenvalue weighted by Gasteiger charge is 2.40. The molecule has 166 valence electrons. The number of fused-ring (bicyclic) bond motifs is 1. The summed E-state index contributed by atoms with van der Waals surface area (Å²) in [6.07, 6.45) is 3.81. The zero-order chi connectivity index (χ0) is 21.5. The van der Waals surface area contributed by atoms with Crippen LogP contribution in [0.4, 0.5) is 0 Å². The fourth-order valence-corrected chi connectivity index (χ4v) is 4.48. The van der Waals surface area contributed by atoms with Gasteiger partial charge in [-0.15, -0.1) is 0 Å². The SMILES string of the molecule is CCCCOc1ccc2c(c1)C(N(CCOCCOC)S(C)(=O)=O)CC(C)(C)O2. The van der Waals surface area contributed by atoms with Crippen LogP contribution in [0.1, 0.15) is 51.6 Å². The quantitative estimate of drug-likeness (QED) is 0.474. The van der Waals surface area contributed by atoms with Gasteiger partial charge in [0.2, 0.25) is 10.0 Å². The minimum atomic E-state index is -3.46. The number of hydrogen-bond acceptors (Lipinski definition) is 6. The molecule has 0 aliphatic carbocycles. The fourth-order valence-electron chi connectivity index (χ4n) is 3.43. The van der Waals surface area contributed by atoms with E-state index in [2.05, 4.69) is 6.92 Å². The van der Waals surface area contributed by atoms with E-state index in [-0.39, 0.29) is 12.6 Å². The summed E-state index contributed by atoms with van der Waals surface area (Å²) in [5.41, 5.74) is 0.350. The van der Waals surface area contributed by atoms with E-state index in [4.69, 9.17) is 18.9 Å². The molecule has 29 heavy (non-hydrogen) atoms. The molecule has 0 amide bonds. The van der Waals surface area contributed by atoms with Crippen molar-refractivity contribution in [3.8, 4) is 11.5 Å². The third kappa shape index (κ3) is 7.13. The van der Waals surface area contributed by atoms with Crippen molar-refractivity contribution in [2.45, 2.75) is 51.7 Å². The maximum atomic E-state index is 12.6. The van der Waals surface area contributed by atoms with Gasteiger partial charge in [0.25, 0.3) is 0 Å². The lowest BCUT2D eigenvalue weighted by Gasteiger charge is -2.41. The van der Waals surface area contributed by atoms with Crippen molar-refractivity contribution in [3.63, 3.8) is 0 Å². The third-order valence-electron chi connectivity index (χ3n) is 4.84. The van der Waals surface area contributed by atoms with Gasteiger partial charge in [0.1, 0.15) is 17.1 Å². The Bertz CT molecular complexity index is 750. The Kier molecular flexibility index (Phi) is 8.75. The van der Waals surface area contributed by atoms with Crippen molar-refractivity contribution < 1.29 is 27.4 Å². The first-order valence-corrected chi connectivity index (χ1v) is 12.0. The van der Waals surface area contributed by atoms with E-state index in [1.807, 2.05) is 32.0 Å². The van der Waals surface area contributed by atoms with Crippen molar-refractivity contribution >= 4 is 10.0 Å². The zero-order valence-corrected chi connectivity index (χ0v) is 19.1. The Morgan fingerprint density at radius 1 is 1.21 bits per heavy atom. The number of methoxy groups -OCH3 is 1. The van der Waals surface area contributed by atoms with Crippen LogP contribution in [-0.2, 0) is 19.5 Å². The number of rotatable bonds is 12. The Morgan fingerprint density at radius 3 is 2.62 bits per heavy atom. The molecule has 8 heteroatoms. The predicted octanol–water partition coefficient (Wildman–Crippen LogP) is 3.39. The molecular formula is C21H35NO6S.